The summed E-state index contributed by atoms with van der Waals surface area (Å²) >= 11 is 0. The molecule has 8 nitrogen and oxygen atoms in total. The van der Waals surface area contributed by atoms with Crippen molar-refractivity contribution in [2.24, 2.45) is 9.98 Å². The van der Waals surface area contributed by atoms with Crippen molar-refractivity contribution in [3.63, 3.8) is 0 Å². The van der Waals surface area contributed by atoms with Crippen molar-refractivity contribution >= 4 is 30.6 Å². The summed E-state index contributed by atoms with van der Waals surface area (Å²) in [5.41, 5.74) is 2.70. The number of carbonyl (C=O) groups is 3. The van der Waals surface area contributed by atoms with Crippen LogP contribution in [0, 0.1) is 13.8 Å². The monoisotopic (exact) mass is 382 g/mol. The first-order valence-electron chi connectivity index (χ1n) is 8.19. The number of hydrogen-bond donors (Lipinski definition) is 1. The fraction of sp³-hybridized carbons (Fsp3) is 0.150. The Morgan fingerprint density at radius 1 is 0.857 bits per heavy atom. The molecular weight excluding hydrogens is 364 g/mol. The van der Waals surface area contributed by atoms with E-state index in [0.29, 0.717) is 11.1 Å². The van der Waals surface area contributed by atoms with E-state index in [-0.39, 0.29) is 0 Å². The van der Waals surface area contributed by atoms with Gasteiger partial charge in [-0.15, -0.1) is 0 Å². The van der Waals surface area contributed by atoms with Crippen LogP contribution in [0.1, 0.15) is 33.3 Å². The maximum atomic E-state index is 12.4. The van der Waals surface area contributed by atoms with Gasteiger partial charge in [-0.25, -0.2) is 14.4 Å². The average Bonchev–Trinajstić information content (AvgIpc) is 2.65. The summed E-state index contributed by atoms with van der Waals surface area (Å²) in [6.45, 7) is 3.77. The summed E-state index contributed by atoms with van der Waals surface area (Å²) in [6, 6.07) is 13.6. The number of esters is 1. The smallest absolute Gasteiger partial charge is 0.436 e. The zero-order chi connectivity index (χ0) is 20.5. The lowest BCUT2D eigenvalue weighted by Crippen LogP contribution is -2.17. The number of carboxylic acid groups (broad SMARTS) is 1. The van der Waals surface area contributed by atoms with Crippen LogP contribution >= 0.6 is 0 Å². The minimum absolute atomic E-state index is 0.302. The van der Waals surface area contributed by atoms with Crippen LogP contribution in [0.4, 0.5) is 9.59 Å². The molecule has 2 aromatic rings. The SMILES string of the molecule is Cc1ccc(C(=O)OC(OC(=O)/N=C/C=N/C(=O)O)c2ccc(C)cc2)cc1. The van der Waals surface area contributed by atoms with Crippen LogP contribution in [-0.2, 0) is 9.47 Å². The number of amides is 2. The summed E-state index contributed by atoms with van der Waals surface area (Å²) in [7, 11) is 0. The van der Waals surface area contributed by atoms with Gasteiger partial charge in [0, 0.05) is 5.56 Å². The molecule has 0 fully saturated rings. The number of rotatable bonds is 5. The second kappa shape index (κ2) is 9.77. The molecule has 0 radical (unpaired) electrons. The lowest BCUT2D eigenvalue weighted by Gasteiger charge is -2.17. The Morgan fingerprint density at radius 3 is 1.96 bits per heavy atom. The van der Waals surface area contributed by atoms with Gasteiger partial charge in [0.05, 0.1) is 18.0 Å². The molecule has 1 N–H and O–H groups in total. The molecule has 144 valence electrons. The van der Waals surface area contributed by atoms with Gasteiger partial charge in [-0.3, -0.25) is 0 Å². The predicted molar refractivity (Wildman–Crippen MR) is 102 cm³/mol. The zero-order valence-corrected chi connectivity index (χ0v) is 15.2. The Kier molecular flexibility index (Phi) is 7.15. The fourth-order valence-corrected chi connectivity index (χ4v) is 2.05. The van der Waals surface area contributed by atoms with Crippen LogP contribution in [0.2, 0.25) is 0 Å². The van der Waals surface area contributed by atoms with Gasteiger partial charge in [0.1, 0.15) is 0 Å². The van der Waals surface area contributed by atoms with Gasteiger partial charge in [-0.05, 0) is 26.0 Å². The van der Waals surface area contributed by atoms with Crippen LogP contribution in [-0.4, -0.2) is 35.7 Å². The second-order valence-corrected chi connectivity index (χ2v) is 5.74. The Labute approximate surface area is 161 Å². The molecule has 0 spiro atoms. The van der Waals surface area contributed by atoms with E-state index in [9.17, 15) is 14.4 Å². The molecule has 0 aliphatic heterocycles. The van der Waals surface area contributed by atoms with Crippen LogP contribution in [0.25, 0.3) is 0 Å². The van der Waals surface area contributed by atoms with E-state index in [2.05, 4.69) is 9.98 Å². The normalized spacial score (nSPS) is 12.1. The lowest BCUT2D eigenvalue weighted by atomic mass is 10.1. The number of benzene rings is 2. The largest absolute Gasteiger partial charge is 0.463 e. The van der Waals surface area contributed by atoms with E-state index in [0.717, 1.165) is 23.6 Å². The lowest BCUT2D eigenvalue weighted by molar-refractivity contribution is -0.0715. The van der Waals surface area contributed by atoms with E-state index >= 15 is 0 Å². The molecule has 0 saturated carbocycles. The van der Waals surface area contributed by atoms with Gasteiger partial charge in [-0.1, -0.05) is 47.5 Å². The molecule has 2 aromatic carbocycles. The third-order valence-electron chi connectivity index (χ3n) is 3.49. The highest BCUT2D eigenvalue weighted by molar-refractivity contribution is 6.20. The van der Waals surface area contributed by atoms with E-state index in [1.165, 1.54) is 0 Å². The first kappa shape index (κ1) is 20.5. The molecule has 2 rings (SSSR count). The molecule has 28 heavy (non-hydrogen) atoms. The summed E-state index contributed by atoms with van der Waals surface area (Å²) in [6.07, 6.45) is -2.13. The molecule has 1 unspecified atom stereocenters. The quantitative estimate of drug-likeness (QED) is 0.473. The van der Waals surface area contributed by atoms with Gasteiger partial charge >= 0.3 is 18.2 Å². The van der Waals surface area contributed by atoms with Crippen LogP contribution in [0.5, 0.6) is 0 Å². The minimum atomic E-state index is -1.43. The Morgan fingerprint density at radius 2 is 1.39 bits per heavy atom. The summed E-state index contributed by atoms with van der Waals surface area (Å²) < 4.78 is 10.4. The predicted octanol–water partition coefficient (Wildman–Crippen LogP) is 4.12. The number of hydrogen-bond acceptors (Lipinski definition) is 5. The molecular formula is C20H18N2O6. The molecule has 0 aromatic heterocycles. The van der Waals surface area contributed by atoms with Gasteiger partial charge in [-0.2, -0.15) is 9.98 Å². The molecule has 2 amide bonds. The fourth-order valence-electron chi connectivity index (χ4n) is 2.05. The van der Waals surface area contributed by atoms with Crippen LogP contribution in [0.3, 0.4) is 0 Å². The molecule has 8 heteroatoms. The highest BCUT2D eigenvalue weighted by Gasteiger charge is 2.22. The van der Waals surface area contributed by atoms with E-state index in [1.54, 1.807) is 48.5 Å². The molecule has 1 atom stereocenters. The molecule has 0 bridgehead atoms. The zero-order valence-electron chi connectivity index (χ0n) is 15.2. The van der Waals surface area contributed by atoms with Gasteiger partial charge in [0.2, 0.25) is 0 Å². The molecule has 0 saturated heterocycles. The summed E-state index contributed by atoms with van der Waals surface area (Å²) in [5, 5.41) is 8.39. The summed E-state index contributed by atoms with van der Waals surface area (Å²) in [5.74, 6) is -0.671. The van der Waals surface area contributed by atoms with Crippen LogP contribution in [0.15, 0.2) is 58.5 Å². The van der Waals surface area contributed by atoms with Gasteiger partial charge in [0.15, 0.2) is 0 Å². The Hall–Kier alpha value is -3.81. The van der Waals surface area contributed by atoms with E-state index in [4.69, 9.17) is 14.6 Å². The van der Waals surface area contributed by atoms with Gasteiger partial charge < -0.3 is 14.6 Å². The first-order valence-corrected chi connectivity index (χ1v) is 8.19. The third kappa shape index (κ3) is 6.49. The number of aryl methyl sites for hydroxylation is 2. The maximum absolute atomic E-state index is 12.4. The maximum Gasteiger partial charge on any atom is 0.436 e. The van der Waals surface area contributed by atoms with Gasteiger partial charge in [0.25, 0.3) is 6.29 Å². The third-order valence-corrected chi connectivity index (χ3v) is 3.49. The number of aliphatic imine (C=N–C) groups is 2. The average molecular weight is 382 g/mol. The molecule has 0 heterocycles. The second-order valence-electron chi connectivity index (χ2n) is 5.74. The summed E-state index contributed by atoms with van der Waals surface area (Å²) in [4.78, 5) is 40.9. The first-order chi connectivity index (χ1) is 13.3. The van der Waals surface area contributed by atoms with Crippen molar-refractivity contribution in [3.8, 4) is 0 Å². The van der Waals surface area contributed by atoms with Crippen molar-refractivity contribution in [1.29, 1.82) is 0 Å². The Balaban J connectivity index is 2.16. The van der Waals surface area contributed by atoms with Crippen LogP contribution < -0.4 is 0 Å². The number of carbonyl (C=O) groups excluding carboxylic acids is 2. The standard InChI is InChI=1S/C20H18N2O6/c1-13-3-7-15(8-4-13)17(23)27-18(16-9-5-14(2)6-10-16)28-20(26)22-12-11-21-19(24)25/h3-12,18H,1-2H3,(H,24,25)/b21-11+,22-12+. The highest BCUT2D eigenvalue weighted by Crippen LogP contribution is 2.22. The minimum Gasteiger partial charge on any atom is -0.463 e. The topological polar surface area (TPSA) is 115 Å². The van der Waals surface area contributed by atoms with Crippen molar-refractivity contribution in [2.45, 2.75) is 20.1 Å². The van der Waals surface area contributed by atoms with E-state index in [1.807, 2.05) is 13.8 Å². The van der Waals surface area contributed by atoms with Crippen molar-refractivity contribution in [3.05, 3.63) is 70.8 Å². The highest BCUT2D eigenvalue weighted by atomic mass is 16.7. The van der Waals surface area contributed by atoms with Crippen molar-refractivity contribution in [1.82, 2.24) is 0 Å². The molecule has 0 aliphatic rings. The number of ether oxygens (including phenoxy) is 2. The molecule has 0 aliphatic carbocycles. The van der Waals surface area contributed by atoms with Crippen molar-refractivity contribution < 1.29 is 29.0 Å². The van der Waals surface area contributed by atoms with Crippen molar-refractivity contribution in [2.75, 3.05) is 0 Å². The van der Waals surface area contributed by atoms with E-state index < -0.39 is 24.4 Å². The Bertz CT molecular complexity index is 901. The number of nitrogens with zero attached hydrogens (tertiary/aromatic N) is 2.